The molecule has 1 aliphatic heterocycles. The quantitative estimate of drug-likeness (QED) is 0.817. The highest BCUT2D eigenvalue weighted by atomic mass is 32.2. The second kappa shape index (κ2) is 7.33. The van der Waals surface area contributed by atoms with Gasteiger partial charge in [-0.1, -0.05) is 49.7 Å². The van der Waals surface area contributed by atoms with Crippen LogP contribution in [0.1, 0.15) is 44.2 Å². The molecule has 112 valence electrons. The number of fused-ring (bicyclic) bond motifs is 1. The summed E-state index contributed by atoms with van der Waals surface area (Å²) >= 11 is 2.16. The molecule has 21 heavy (non-hydrogen) atoms. The predicted molar refractivity (Wildman–Crippen MR) is 95.1 cm³/mol. The van der Waals surface area contributed by atoms with E-state index < -0.39 is 0 Å². The minimum atomic E-state index is 0.500. The van der Waals surface area contributed by atoms with Gasteiger partial charge < -0.3 is 5.32 Å². The lowest BCUT2D eigenvalue weighted by atomic mass is 9.96. The van der Waals surface area contributed by atoms with Gasteiger partial charge >= 0.3 is 0 Å². The number of thioether (sulfide) groups is 1. The van der Waals surface area contributed by atoms with Gasteiger partial charge in [-0.05, 0) is 54.0 Å². The van der Waals surface area contributed by atoms with Gasteiger partial charge in [-0.2, -0.15) is 11.8 Å². The first kappa shape index (κ1) is 14.9. The Bertz CT molecular complexity index is 575. The van der Waals surface area contributed by atoms with E-state index in [0.29, 0.717) is 6.04 Å². The smallest absolute Gasteiger partial charge is 0.0440 e. The van der Waals surface area contributed by atoms with Crippen LogP contribution in [0.25, 0.3) is 10.8 Å². The Kier molecular flexibility index (Phi) is 5.21. The molecule has 0 spiro atoms. The van der Waals surface area contributed by atoms with Crippen LogP contribution in [0.5, 0.6) is 0 Å². The molecule has 2 heteroatoms. The molecule has 3 rings (SSSR count). The Morgan fingerprint density at radius 1 is 1.14 bits per heavy atom. The molecule has 1 N–H and O–H groups in total. The van der Waals surface area contributed by atoms with Crippen LogP contribution in [0.4, 0.5) is 0 Å². The SMILES string of the molecule is CCCNC(c1ccc2ccccc2c1)C1CCCCS1. The number of rotatable bonds is 5. The molecule has 1 aliphatic rings. The van der Waals surface area contributed by atoms with E-state index >= 15 is 0 Å². The van der Waals surface area contributed by atoms with Crippen LogP contribution < -0.4 is 5.32 Å². The lowest BCUT2D eigenvalue weighted by molar-refractivity contribution is 0.479. The minimum Gasteiger partial charge on any atom is -0.309 e. The Balaban J connectivity index is 1.88. The second-order valence-electron chi connectivity index (χ2n) is 5.94. The van der Waals surface area contributed by atoms with Crippen molar-refractivity contribution in [2.24, 2.45) is 0 Å². The molecule has 1 saturated heterocycles. The van der Waals surface area contributed by atoms with Gasteiger partial charge in [0.05, 0.1) is 0 Å². The van der Waals surface area contributed by atoms with Crippen molar-refractivity contribution in [2.45, 2.75) is 43.9 Å². The minimum absolute atomic E-state index is 0.500. The average Bonchev–Trinajstić information content (AvgIpc) is 2.56. The molecule has 0 amide bonds. The zero-order valence-corrected chi connectivity index (χ0v) is 13.7. The van der Waals surface area contributed by atoms with E-state index in [1.54, 1.807) is 0 Å². The first-order chi connectivity index (χ1) is 10.4. The molecule has 1 heterocycles. The zero-order valence-electron chi connectivity index (χ0n) is 12.8. The standard InChI is InChI=1S/C19H25NS/c1-2-12-20-19(18-9-5-6-13-21-18)17-11-10-15-7-3-4-8-16(15)14-17/h3-4,7-8,10-11,14,18-20H,2,5-6,9,12-13H2,1H3. The zero-order chi connectivity index (χ0) is 14.5. The van der Waals surface area contributed by atoms with Crippen molar-refractivity contribution in [2.75, 3.05) is 12.3 Å². The molecule has 0 radical (unpaired) electrons. The molecule has 2 unspecified atom stereocenters. The lowest BCUT2D eigenvalue weighted by Gasteiger charge is -2.31. The van der Waals surface area contributed by atoms with Crippen LogP contribution in [0, 0.1) is 0 Å². The Morgan fingerprint density at radius 3 is 2.76 bits per heavy atom. The van der Waals surface area contributed by atoms with Crippen molar-refractivity contribution < 1.29 is 0 Å². The van der Waals surface area contributed by atoms with E-state index in [0.717, 1.165) is 11.8 Å². The van der Waals surface area contributed by atoms with Gasteiger partial charge in [-0.25, -0.2) is 0 Å². The van der Waals surface area contributed by atoms with E-state index in [4.69, 9.17) is 0 Å². The van der Waals surface area contributed by atoms with Gasteiger partial charge in [0.15, 0.2) is 0 Å². The number of nitrogens with one attached hydrogen (secondary N) is 1. The van der Waals surface area contributed by atoms with Crippen LogP contribution in [0.2, 0.25) is 0 Å². The average molecular weight is 299 g/mol. The third-order valence-corrected chi connectivity index (χ3v) is 5.79. The largest absolute Gasteiger partial charge is 0.309 e. The highest BCUT2D eigenvalue weighted by Gasteiger charge is 2.25. The summed E-state index contributed by atoms with van der Waals surface area (Å²) < 4.78 is 0. The highest BCUT2D eigenvalue weighted by molar-refractivity contribution is 8.00. The van der Waals surface area contributed by atoms with Gasteiger partial charge in [-0.3, -0.25) is 0 Å². The van der Waals surface area contributed by atoms with Crippen molar-refractivity contribution in [1.82, 2.24) is 5.32 Å². The van der Waals surface area contributed by atoms with Crippen molar-refractivity contribution in [3.63, 3.8) is 0 Å². The van der Waals surface area contributed by atoms with E-state index in [1.807, 2.05) is 0 Å². The first-order valence-electron chi connectivity index (χ1n) is 8.22. The maximum Gasteiger partial charge on any atom is 0.0440 e. The number of benzene rings is 2. The molecule has 0 aliphatic carbocycles. The molecule has 0 saturated carbocycles. The summed E-state index contributed by atoms with van der Waals surface area (Å²) in [6.45, 7) is 3.35. The third kappa shape index (κ3) is 3.61. The third-order valence-electron chi connectivity index (χ3n) is 4.33. The number of hydrogen-bond acceptors (Lipinski definition) is 2. The first-order valence-corrected chi connectivity index (χ1v) is 9.27. The van der Waals surface area contributed by atoms with Gasteiger partial charge in [-0.15, -0.1) is 0 Å². The molecule has 2 aromatic carbocycles. The summed E-state index contributed by atoms with van der Waals surface area (Å²) in [5.41, 5.74) is 1.46. The predicted octanol–water partition coefficient (Wildman–Crippen LogP) is 5.17. The maximum atomic E-state index is 3.80. The fraction of sp³-hybridized carbons (Fsp3) is 0.474. The van der Waals surface area contributed by atoms with Crippen LogP contribution >= 0.6 is 11.8 Å². The van der Waals surface area contributed by atoms with Crippen LogP contribution in [-0.2, 0) is 0 Å². The highest BCUT2D eigenvalue weighted by Crippen LogP contribution is 2.35. The molecule has 1 fully saturated rings. The van der Waals surface area contributed by atoms with E-state index in [9.17, 15) is 0 Å². The van der Waals surface area contributed by atoms with Gasteiger partial charge in [0, 0.05) is 11.3 Å². The summed E-state index contributed by atoms with van der Waals surface area (Å²) in [6, 6.07) is 16.2. The fourth-order valence-corrected chi connectivity index (χ4v) is 4.65. The van der Waals surface area contributed by atoms with Crippen LogP contribution in [0.3, 0.4) is 0 Å². The molecule has 0 aromatic heterocycles. The topological polar surface area (TPSA) is 12.0 Å². The van der Waals surface area contributed by atoms with Gasteiger partial charge in [0.25, 0.3) is 0 Å². The normalized spacial score (nSPS) is 20.5. The number of hydrogen-bond donors (Lipinski definition) is 1. The summed E-state index contributed by atoms with van der Waals surface area (Å²) in [5, 5.41) is 7.23. The van der Waals surface area contributed by atoms with Crippen LogP contribution in [0.15, 0.2) is 42.5 Å². The fourth-order valence-electron chi connectivity index (χ4n) is 3.19. The molecular formula is C19H25NS. The van der Waals surface area contributed by atoms with Crippen molar-refractivity contribution in [3.05, 3.63) is 48.0 Å². The molecule has 2 atom stereocenters. The summed E-state index contributed by atoms with van der Waals surface area (Å²) in [7, 11) is 0. The van der Waals surface area contributed by atoms with Gasteiger partial charge in [0.1, 0.15) is 0 Å². The summed E-state index contributed by atoms with van der Waals surface area (Å²) in [6.07, 6.45) is 5.31. The van der Waals surface area contributed by atoms with Crippen molar-refractivity contribution in [3.8, 4) is 0 Å². The molecule has 2 aromatic rings. The van der Waals surface area contributed by atoms with Gasteiger partial charge in [0.2, 0.25) is 0 Å². The Labute approximate surface area is 132 Å². The molecule has 1 nitrogen and oxygen atoms in total. The Hall–Kier alpha value is -0.990. The van der Waals surface area contributed by atoms with E-state index in [-0.39, 0.29) is 0 Å². The molecular weight excluding hydrogens is 274 g/mol. The summed E-state index contributed by atoms with van der Waals surface area (Å²) in [4.78, 5) is 0. The Morgan fingerprint density at radius 2 is 2.00 bits per heavy atom. The van der Waals surface area contributed by atoms with Crippen molar-refractivity contribution in [1.29, 1.82) is 0 Å². The monoisotopic (exact) mass is 299 g/mol. The lowest BCUT2D eigenvalue weighted by Crippen LogP contribution is -2.32. The van der Waals surface area contributed by atoms with E-state index in [2.05, 4.69) is 66.5 Å². The second-order valence-corrected chi connectivity index (χ2v) is 7.29. The van der Waals surface area contributed by atoms with Crippen LogP contribution in [-0.4, -0.2) is 17.5 Å². The van der Waals surface area contributed by atoms with E-state index in [1.165, 1.54) is 47.8 Å². The molecule has 0 bridgehead atoms. The summed E-state index contributed by atoms with van der Waals surface area (Å²) in [5.74, 6) is 1.32. The van der Waals surface area contributed by atoms with Crippen molar-refractivity contribution >= 4 is 22.5 Å². The maximum absolute atomic E-state index is 3.80.